The molecule has 6 aliphatic carbocycles. The molecule has 0 fully saturated rings. The first-order valence-corrected chi connectivity index (χ1v) is 22.8. The van der Waals surface area contributed by atoms with Crippen molar-refractivity contribution in [1.82, 2.24) is 4.40 Å². The molecule has 0 spiro atoms. The minimum absolute atomic E-state index is 0.00246. The van der Waals surface area contributed by atoms with Gasteiger partial charge in [-0.05, 0) is 119 Å². The predicted octanol–water partition coefficient (Wildman–Crippen LogP) is 15.0. The lowest BCUT2D eigenvalue weighted by molar-refractivity contribution is 0.596. The number of hydrogen-bond acceptors (Lipinski definition) is 2. The van der Waals surface area contributed by atoms with Crippen molar-refractivity contribution in [2.45, 2.75) is 49.9 Å². The van der Waals surface area contributed by atoms with Crippen LogP contribution in [0.2, 0.25) is 0 Å². The van der Waals surface area contributed by atoms with Crippen LogP contribution in [-0.4, -0.2) is 4.40 Å². The number of benzene rings is 9. The van der Waals surface area contributed by atoms with E-state index in [0.29, 0.717) is 0 Å². The third-order valence-corrected chi connectivity index (χ3v) is 16.2. The molecule has 4 bridgehead atoms. The third-order valence-electron chi connectivity index (χ3n) is 16.2. The minimum Gasteiger partial charge on any atom is -0.455 e. The van der Waals surface area contributed by atoms with Crippen molar-refractivity contribution in [3.8, 4) is 6.07 Å². The monoisotopic (exact) mass is 814 g/mol. The molecule has 9 aromatic carbocycles. The Bertz CT molecular complexity index is 4120. The van der Waals surface area contributed by atoms with Crippen LogP contribution in [0, 0.1) is 11.3 Å². The van der Waals surface area contributed by atoms with Gasteiger partial charge < -0.3 is 8.82 Å². The van der Waals surface area contributed by atoms with Crippen LogP contribution in [0.5, 0.6) is 0 Å². The van der Waals surface area contributed by atoms with Crippen LogP contribution in [0.25, 0.3) is 70.8 Å². The molecule has 0 aliphatic heterocycles. The number of aromatic nitrogens is 1. The van der Waals surface area contributed by atoms with E-state index in [9.17, 15) is 5.26 Å². The molecule has 3 nitrogen and oxygen atoms in total. The highest BCUT2D eigenvalue weighted by atomic mass is 16.3. The summed E-state index contributed by atoms with van der Waals surface area (Å²) in [6, 6.07) is 60.0. The Morgan fingerprint density at radius 1 is 0.453 bits per heavy atom. The maximum absolute atomic E-state index is 11.3. The fraction of sp³-hybridized carbons (Fsp3) is 0.131. The second-order valence-electron chi connectivity index (χ2n) is 20.1. The summed E-state index contributed by atoms with van der Waals surface area (Å²) in [5, 5.41) is 20.9. The largest absolute Gasteiger partial charge is 0.455 e. The SMILES string of the molecule is CC(C)(C)c1ccc2c3cc4c5c6c(c(C#N)cc5n5c7cc8c(cc7c(c3oc3cccc1c32)c45)C1c2ccccc2C8c2ccccc21)C1c2ccccc2C6c2ccccc21. The number of fused-ring (bicyclic) bond motifs is 9. The molecule has 0 saturated heterocycles. The molecule has 298 valence electrons. The summed E-state index contributed by atoms with van der Waals surface area (Å²) in [5.41, 5.74) is 23.5. The van der Waals surface area contributed by atoms with Crippen molar-refractivity contribution in [2.75, 3.05) is 0 Å². The lowest BCUT2D eigenvalue weighted by Crippen LogP contribution is -2.28. The molecule has 64 heavy (non-hydrogen) atoms. The summed E-state index contributed by atoms with van der Waals surface area (Å²) < 4.78 is 9.91. The van der Waals surface area contributed by atoms with Gasteiger partial charge in [0.2, 0.25) is 0 Å². The maximum atomic E-state index is 11.3. The summed E-state index contributed by atoms with van der Waals surface area (Å²) >= 11 is 0. The molecule has 0 amide bonds. The summed E-state index contributed by atoms with van der Waals surface area (Å²) in [7, 11) is 0. The topological polar surface area (TPSA) is 41.3 Å². The van der Waals surface area contributed by atoms with E-state index < -0.39 is 0 Å². The van der Waals surface area contributed by atoms with E-state index in [4.69, 9.17) is 4.42 Å². The molecule has 0 radical (unpaired) electrons. The van der Waals surface area contributed by atoms with Crippen LogP contribution in [0.15, 0.2) is 156 Å². The highest BCUT2D eigenvalue weighted by Gasteiger charge is 2.46. The maximum Gasteiger partial charge on any atom is 0.145 e. The molecule has 0 saturated carbocycles. The van der Waals surface area contributed by atoms with Crippen LogP contribution >= 0.6 is 0 Å². The predicted molar refractivity (Wildman–Crippen MR) is 259 cm³/mol. The molecular formula is C61H38N2O. The van der Waals surface area contributed by atoms with E-state index in [1.54, 1.807) is 0 Å². The summed E-state index contributed by atoms with van der Waals surface area (Å²) in [5.74, 6) is 0.266. The van der Waals surface area contributed by atoms with Crippen molar-refractivity contribution in [1.29, 1.82) is 5.26 Å². The molecule has 3 aromatic heterocycles. The highest BCUT2D eigenvalue weighted by Crippen LogP contribution is 2.61. The van der Waals surface area contributed by atoms with E-state index in [0.717, 1.165) is 33.0 Å². The molecule has 0 N–H and O–H groups in total. The summed E-state index contributed by atoms with van der Waals surface area (Å²) in [6.07, 6.45) is 0. The van der Waals surface area contributed by atoms with Gasteiger partial charge >= 0.3 is 0 Å². The molecule has 12 aromatic rings. The fourth-order valence-electron chi connectivity index (χ4n) is 13.9. The molecule has 0 atom stereocenters. The molecule has 18 rings (SSSR count). The first-order valence-electron chi connectivity index (χ1n) is 22.8. The zero-order chi connectivity index (χ0) is 42.1. The van der Waals surface area contributed by atoms with Crippen LogP contribution < -0.4 is 0 Å². The van der Waals surface area contributed by atoms with Crippen LogP contribution in [0.4, 0.5) is 0 Å². The van der Waals surface area contributed by atoms with Gasteiger partial charge in [-0.15, -0.1) is 0 Å². The zero-order valence-corrected chi connectivity index (χ0v) is 35.5. The summed E-state index contributed by atoms with van der Waals surface area (Å²) in [6.45, 7) is 6.91. The fourth-order valence-corrected chi connectivity index (χ4v) is 13.9. The van der Waals surface area contributed by atoms with Gasteiger partial charge in [-0.2, -0.15) is 5.26 Å². The van der Waals surface area contributed by atoms with Gasteiger partial charge in [-0.25, -0.2) is 0 Å². The molecule has 3 heteroatoms. The van der Waals surface area contributed by atoms with E-state index in [1.165, 1.54) is 116 Å². The van der Waals surface area contributed by atoms with Gasteiger partial charge in [0, 0.05) is 50.6 Å². The minimum atomic E-state index is -0.0407. The van der Waals surface area contributed by atoms with Crippen LogP contribution in [-0.2, 0) is 5.41 Å². The lowest BCUT2D eigenvalue weighted by atomic mass is 9.59. The average molecular weight is 815 g/mol. The van der Waals surface area contributed by atoms with Gasteiger partial charge in [0.05, 0.1) is 33.6 Å². The van der Waals surface area contributed by atoms with E-state index in [1.807, 2.05) is 0 Å². The van der Waals surface area contributed by atoms with E-state index in [2.05, 4.69) is 183 Å². The Labute approximate surface area is 368 Å². The van der Waals surface area contributed by atoms with Crippen molar-refractivity contribution in [3.05, 3.63) is 230 Å². The van der Waals surface area contributed by atoms with E-state index >= 15 is 0 Å². The van der Waals surface area contributed by atoms with Gasteiger partial charge in [0.1, 0.15) is 11.2 Å². The van der Waals surface area contributed by atoms with Crippen LogP contribution in [0.1, 0.15) is 122 Å². The zero-order valence-electron chi connectivity index (χ0n) is 35.5. The lowest BCUT2D eigenvalue weighted by Gasteiger charge is -2.43. The number of nitrogens with zero attached hydrogens (tertiary/aromatic N) is 2. The smallest absolute Gasteiger partial charge is 0.145 e. The molecule has 6 aliphatic rings. The Morgan fingerprint density at radius 2 is 1.02 bits per heavy atom. The van der Waals surface area contributed by atoms with Gasteiger partial charge in [-0.3, -0.25) is 0 Å². The standard InChI is InChI=1S/C61H38N2O/c1-61(2,3)46-24-23-39-43-27-45-56-48(25-30(29-62)50-54-35-17-8-10-19-37(35)55(58(50)56)38-20-11-9-18-36(38)54)63-47-28-42-41(51-31-13-4-6-15-33(31)52(42)34-16-7-5-14-32(34)51)26-44(47)57(59(45)63)60(43)64-49-22-12-21-40(46)53(39)49/h4-28,51-52,54-55H,1-3H3. The van der Waals surface area contributed by atoms with Gasteiger partial charge in [0.15, 0.2) is 0 Å². The number of nitriles is 1. The third kappa shape index (κ3) is 3.74. The number of rotatable bonds is 0. The Morgan fingerprint density at radius 3 is 1.59 bits per heavy atom. The van der Waals surface area contributed by atoms with Crippen molar-refractivity contribution in [3.63, 3.8) is 0 Å². The molecular weight excluding hydrogens is 777 g/mol. The Kier molecular flexibility index (Phi) is 5.88. The van der Waals surface area contributed by atoms with Crippen molar-refractivity contribution >= 4 is 70.8 Å². The first-order chi connectivity index (χ1) is 31.4. The first kappa shape index (κ1) is 33.9. The quantitative estimate of drug-likeness (QED) is 0.113. The molecule has 0 unspecified atom stereocenters. The van der Waals surface area contributed by atoms with Crippen molar-refractivity contribution < 1.29 is 4.42 Å². The van der Waals surface area contributed by atoms with Gasteiger partial charge in [0.25, 0.3) is 0 Å². The second-order valence-corrected chi connectivity index (χ2v) is 20.1. The summed E-state index contributed by atoms with van der Waals surface area (Å²) in [4.78, 5) is 0. The van der Waals surface area contributed by atoms with Crippen LogP contribution in [0.3, 0.4) is 0 Å². The van der Waals surface area contributed by atoms with Gasteiger partial charge in [-0.1, -0.05) is 142 Å². The highest BCUT2D eigenvalue weighted by molar-refractivity contribution is 6.34. The van der Waals surface area contributed by atoms with Crippen molar-refractivity contribution in [2.24, 2.45) is 0 Å². The Balaban J connectivity index is 1.13. The average Bonchev–Trinajstić information content (AvgIpc) is 3.84. The second kappa shape index (κ2) is 11.1. The number of hydrogen-bond donors (Lipinski definition) is 0. The Hall–Kier alpha value is -7.67. The van der Waals surface area contributed by atoms with E-state index in [-0.39, 0.29) is 29.1 Å². The normalized spacial score (nSPS) is 18.8. The molecule has 3 heterocycles.